The Kier molecular flexibility index (Phi) is 2.79. The first-order chi connectivity index (χ1) is 9.22. The minimum absolute atomic E-state index is 0.123. The number of aromatic nitrogens is 3. The zero-order valence-electron chi connectivity index (χ0n) is 10.6. The first-order valence-electron chi connectivity index (χ1n) is 6.16. The number of anilines is 2. The van der Waals surface area contributed by atoms with Crippen molar-refractivity contribution in [2.75, 3.05) is 11.1 Å². The van der Waals surface area contributed by atoms with Crippen LogP contribution in [0.2, 0.25) is 0 Å². The minimum Gasteiger partial charge on any atom is -0.399 e. The molecule has 1 unspecified atom stereocenters. The van der Waals surface area contributed by atoms with Crippen LogP contribution >= 0.6 is 0 Å². The van der Waals surface area contributed by atoms with E-state index in [1.807, 2.05) is 48.7 Å². The predicted molar refractivity (Wildman–Crippen MR) is 75.9 cm³/mol. The highest BCUT2D eigenvalue weighted by atomic mass is 15.3. The Balaban J connectivity index is 1.82. The highest BCUT2D eigenvalue weighted by molar-refractivity contribution is 5.45. The smallest absolute Gasteiger partial charge is 0.243 e. The van der Waals surface area contributed by atoms with Crippen LogP contribution in [0.3, 0.4) is 0 Å². The minimum atomic E-state index is 0.123. The topological polar surface area (TPSA) is 68.2 Å². The molecule has 0 saturated heterocycles. The van der Waals surface area contributed by atoms with Gasteiger partial charge >= 0.3 is 0 Å². The fourth-order valence-electron chi connectivity index (χ4n) is 1.95. The highest BCUT2D eigenvalue weighted by Gasteiger charge is 2.08. The summed E-state index contributed by atoms with van der Waals surface area (Å²) in [6, 6.07) is 13.7. The van der Waals surface area contributed by atoms with Gasteiger partial charge in [-0.3, -0.25) is 0 Å². The van der Waals surface area contributed by atoms with Crippen LogP contribution in [0.1, 0.15) is 18.5 Å². The summed E-state index contributed by atoms with van der Waals surface area (Å²) in [6.45, 7) is 2.07. The lowest BCUT2D eigenvalue weighted by Crippen LogP contribution is -2.08. The van der Waals surface area contributed by atoms with Crippen LogP contribution in [0, 0.1) is 0 Å². The first-order valence-corrected chi connectivity index (χ1v) is 6.16. The Morgan fingerprint density at radius 3 is 2.68 bits per heavy atom. The highest BCUT2D eigenvalue weighted by Crippen LogP contribution is 2.18. The molecule has 96 valence electrons. The van der Waals surface area contributed by atoms with Crippen LogP contribution in [0.4, 0.5) is 11.6 Å². The number of rotatable bonds is 3. The van der Waals surface area contributed by atoms with Crippen LogP contribution in [-0.4, -0.2) is 14.6 Å². The van der Waals surface area contributed by atoms with Gasteiger partial charge in [0.25, 0.3) is 0 Å². The van der Waals surface area contributed by atoms with E-state index in [4.69, 9.17) is 5.73 Å². The fraction of sp³-hybridized carbons (Fsp3) is 0.143. The second-order valence-corrected chi connectivity index (χ2v) is 4.47. The van der Waals surface area contributed by atoms with E-state index in [0.717, 1.165) is 16.9 Å². The standard InChI is InChI=1S/C14H15N5/c1-10(11-5-7-12(15)8-6-11)16-14-17-13-4-2-3-9-19(13)18-14/h2-10H,15H2,1H3,(H,16,18). The predicted octanol–water partition coefficient (Wildman–Crippen LogP) is 2.48. The maximum atomic E-state index is 5.68. The number of hydrogen-bond donors (Lipinski definition) is 2. The summed E-state index contributed by atoms with van der Waals surface area (Å²) in [5, 5.41) is 7.65. The molecule has 0 spiro atoms. The molecule has 1 atom stereocenters. The molecule has 0 aliphatic heterocycles. The molecule has 19 heavy (non-hydrogen) atoms. The Bertz CT molecular complexity index is 653. The van der Waals surface area contributed by atoms with E-state index in [0.29, 0.717) is 5.95 Å². The number of pyridine rings is 1. The summed E-state index contributed by atoms with van der Waals surface area (Å²) in [5.41, 5.74) is 8.42. The van der Waals surface area contributed by atoms with Gasteiger partial charge in [0.15, 0.2) is 5.65 Å². The van der Waals surface area contributed by atoms with Gasteiger partial charge in [-0.2, -0.15) is 4.98 Å². The van der Waals surface area contributed by atoms with E-state index in [1.165, 1.54) is 0 Å². The van der Waals surface area contributed by atoms with Crippen molar-refractivity contribution in [1.29, 1.82) is 0 Å². The summed E-state index contributed by atoms with van der Waals surface area (Å²) in [7, 11) is 0. The van der Waals surface area contributed by atoms with Gasteiger partial charge in [-0.05, 0) is 36.8 Å². The van der Waals surface area contributed by atoms with Gasteiger partial charge < -0.3 is 11.1 Å². The van der Waals surface area contributed by atoms with Crippen molar-refractivity contribution in [3.63, 3.8) is 0 Å². The Hall–Kier alpha value is -2.56. The van der Waals surface area contributed by atoms with Gasteiger partial charge in [0.05, 0.1) is 6.04 Å². The third-order valence-corrected chi connectivity index (χ3v) is 3.02. The fourth-order valence-corrected chi connectivity index (χ4v) is 1.95. The van der Waals surface area contributed by atoms with Crippen molar-refractivity contribution in [2.45, 2.75) is 13.0 Å². The Morgan fingerprint density at radius 2 is 1.95 bits per heavy atom. The molecule has 2 aromatic heterocycles. The molecular formula is C14H15N5. The van der Waals surface area contributed by atoms with Gasteiger partial charge in [-0.15, -0.1) is 5.10 Å². The second kappa shape index (κ2) is 4.61. The van der Waals surface area contributed by atoms with Crippen LogP contribution in [0.5, 0.6) is 0 Å². The molecule has 5 nitrogen and oxygen atoms in total. The lowest BCUT2D eigenvalue weighted by molar-refractivity contribution is 0.853. The summed E-state index contributed by atoms with van der Waals surface area (Å²) in [5.74, 6) is 0.621. The summed E-state index contributed by atoms with van der Waals surface area (Å²) in [4.78, 5) is 4.41. The first kappa shape index (κ1) is 11.5. The average Bonchev–Trinajstić information content (AvgIpc) is 2.81. The van der Waals surface area contributed by atoms with Crippen molar-refractivity contribution in [3.05, 3.63) is 54.2 Å². The van der Waals surface area contributed by atoms with Gasteiger partial charge in [-0.1, -0.05) is 18.2 Å². The molecule has 0 saturated carbocycles. The van der Waals surface area contributed by atoms with Gasteiger partial charge in [-0.25, -0.2) is 4.52 Å². The molecular weight excluding hydrogens is 238 g/mol. The number of nitrogen functional groups attached to an aromatic ring is 1. The van der Waals surface area contributed by atoms with Crippen molar-refractivity contribution >= 4 is 17.3 Å². The van der Waals surface area contributed by atoms with Crippen molar-refractivity contribution in [2.24, 2.45) is 0 Å². The molecule has 1 aromatic carbocycles. The number of fused-ring (bicyclic) bond motifs is 1. The monoisotopic (exact) mass is 253 g/mol. The maximum absolute atomic E-state index is 5.68. The van der Waals surface area contributed by atoms with Crippen molar-refractivity contribution in [1.82, 2.24) is 14.6 Å². The molecule has 2 heterocycles. The number of nitrogens with two attached hydrogens (primary N) is 1. The van der Waals surface area contributed by atoms with Gasteiger partial charge in [0.1, 0.15) is 0 Å². The SMILES string of the molecule is CC(Nc1nc2ccccn2n1)c1ccc(N)cc1. The van der Waals surface area contributed by atoms with E-state index in [1.54, 1.807) is 4.52 Å². The number of hydrogen-bond acceptors (Lipinski definition) is 4. The maximum Gasteiger partial charge on any atom is 0.243 e. The number of nitrogens with zero attached hydrogens (tertiary/aromatic N) is 3. The molecule has 0 radical (unpaired) electrons. The van der Waals surface area contributed by atoms with E-state index in [-0.39, 0.29) is 6.04 Å². The number of benzene rings is 1. The largest absolute Gasteiger partial charge is 0.399 e. The van der Waals surface area contributed by atoms with Crippen molar-refractivity contribution < 1.29 is 0 Å². The van der Waals surface area contributed by atoms with Crippen LogP contribution in [-0.2, 0) is 0 Å². The molecule has 0 bridgehead atoms. The normalized spacial score (nSPS) is 12.5. The average molecular weight is 253 g/mol. The van der Waals surface area contributed by atoms with E-state index in [9.17, 15) is 0 Å². The molecule has 3 rings (SSSR count). The van der Waals surface area contributed by atoms with Crippen molar-refractivity contribution in [3.8, 4) is 0 Å². The summed E-state index contributed by atoms with van der Waals surface area (Å²) < 4.78 is 1.75. The molecule has 0 aliphatic rings. The lowest BCUT2D eigenvalue weighted by Gasteiger charge is -2.12. The summed E-state index contributed by atoms with van der Waals surface area (Å²) in [6.07, 6.45) is 1.88. The van der Waals surface area contributed by atoms with E-state index in [2.05, 4.69) is 22.3 Å². The third kappa shape index (κ3) is 2.35. The lowest BCUT2D eigenvalue weighted by atomic mass is 10.1. The van der Waals surface area contributed by atoms with Gasteiger partial charge in [0.2, 0.25) is 5.95 Å². The molecule has 0 aliphatic carbocycles. The zero-order valence-corrected chi connectivity index (χ0v) is 10.6. The molecule has 0 amide bonds. The Morgan fingerprint density at radius 1 is 1.16 bits per heavy atom. The van der Waals surface area contributed by atoms with Crippen LogP contribution in [0.15, 0.2) is 48.7 Å². The van der Waals surface area contributed by atoms with E-state index < -0.39 is 0 Å². The number of nitrogens with one attached hydrogen (secondary N) is 1. The quantitative estimate of drug-likeness (QED) is 0.704. The Labute approximate surface area is 111 Å². The third-order valence-electron chi connectivity index (χ3n) is 3.02. The second-order valence-electron chi connectivity index (χ2n) is 4.47. The summed E-state index contributed by atoms with van der Waals surface area (Å²) >= 11 is 0. The van der Waals surface area contributed by atoms with E-state index >= 15 is 0 Å². The molecule has 3 aromatic rings. The molecule has 3 N–H and O–H groups in total. The van der Waals surface area contributed by atoms with Crippen LogP contribution in [0.25, 0.3) is 5.65 Å². The molecule has 0 fully saturated rings. The van der Waals surface area contributed by atoms with Gasteiger partial charge in [0, 0.05) is 11.9 Å². The molecule has 5 heteroatoms. The van der Waals surface area contributed by atoms with Crippen LogP contribution < -0.4 is 11.1 Å². The zero-order chi connectivity index (χ0) is 13.2.